The number of nitrogens with zero attached hydrogens (tertiary/aromatic N) is 2. The first-order valence-electron chi connectivity index (χ1n) is 6.80. The van der Waals surface area contributed by atoms with E-state index in [9.17, 15) is 9.18 Å². The van der Waals surface area contributed by atoms with Gasteiger partial charge in [-0.25, -0.2) is 14.4 Å². The number of nitrogens with one attached hydrogen (secondary N) is 2. The molecule has 108 valence electrons. The van der Waals surface area contributed by atoms with Crippen LogP contribution in [0.5, 0.6) is 0 Å². The Hall–Kier alpha value is -2.50. The van der Waals surface area contributed by atoms with Gasteiger partial charge in [-0.05, 0) is 38.0 Å². The second-order valence-electron chi connectivity index (χ2n) is 5.07. The van der Waals surface area contributed by atoms with E-state index in [1.54, 1.807) is 31.2 Å². The summed E-state index contributed by atoms with van der Waals surface area (Å²) in [6.45, 7) is 1.77. The van der Waals surface area contributed by atoms with Gasteiger partial charge in [0.1, 0.15) is 11.5 Å². The highest BCUT2D eigenvalue weighted by Crippen LogP contribution is 2.20. The monoisotopic (exact) mass is 286 g/mol. The maximum atomic E-state index is 13.6. The predicted octanol–water partition coefficient (Wildman–Crippen LogP) is 2.56. The third-order valence-electron chi connectivity index (χ3n) is 3.12. The number of para-hydroxylation sites is 1. The molecule has 1 heterocycles. The molecule has 0 radical (unpaired) electrons. The third kappa shape index (κ3) is 3.34. The minimum absolute atomic E-state index is 0.209. The summed E-state index contributed by atoms with van der Waals surface area (Å²) in [4.78, 5) is 20.3. The lowest BCUT2D eigenvalue weighted by Gasteiger charge is -2.09. The molecule has 0 aliphatic heterocycles. The van der Waals surface area contributed by atoms with E-state index in [2.05, 4.69) is 20.6 Å². The summed E-state index contributed by atoms with van der Waals surface area (Å²) < 4.78 is 13.6. The Labute approximate surface area is 121 Å². The Morgan fingerprint density at radius 3 is 2.76 bits per heavy atom. The van der Waals surface area contributed by atoms with Crippen LogP contribution in [-0.2, 0) is 0 Å². The van der Waals surface area contributed by atoms with Crippen molar-refractivity contribution in [3.05, 3.63) is 47.5 Å². The number of hydrogen-bond acceptors (Lipinski definition) is 4. The average Bonchev–Trinajstić information content (AvgIpc) is 3.25. The number of carbonyl (C=O) groups excluding carboxylic acids is 1. The van der Waals surface area contributed by atoms with Crippen LogP contribution < -0.4 is 10.6 Å². The van der Waals surface area contributed by atoms with Gasteiger partial charge >= 0.3 is 0 Å². The van der Waals surface area contributed by atoms with Gasteiger partial charge in [0.15, 0.2) is 0 Å². The van der Waals surface area contributed by atoms with Crippen LogP contribution in [-0.4, -0.2) is 21.9 Å². The lowest BCUT2D eigenvalue weighted by molar-refractivity contribution is 0.0946. The summed E-state index contributed by atoms with van der Waals surface area (Å²) in [5, 5.41) is 5.67. The van der Waals surface area contributed by atoms with Crippen molar-refractivity contribution in [2.45, 2.75) is 25.8 Å². The smallest absolute Gasteiger partial charge is 0.270 e. The van der Waals surface area contributed by atoms with Gasteiger partial charge in [-0.1, -0.05) is 12.1 Å². The molecule has 2 N–H and O–H groups in total. The van der Waals surface area contributed by atoms with Crippen molar-refractivity contribution >= 4 is 17.5 Å². The molecular weight excluding hydrogens is 271 g/mol. The first kappa shape index (κ1) is 13.5. The van der Waals surface area contributed by atoms with E-state index in [4.69, 9.17) is 0 Å². The van der Waals surface area contributed by atoms with Crippen LogP contribution in [0, 0.1) is 12.7 Å². The van der Waals surface area contributed by atoms with Crippen LogP contribution in [0.2, 0.25) is 0 Å². The minimum atomic E-state index is -0.397. The van der Waals surface area contributed by atoms with E-state index >= 15 is 0 Å². The molecule has 1 aliphatic carbocycles. The van der Waals surface area contributed by atoms with Gasteiger partial charge in [-0.15, -0.1) is 0 Å². The van der Waals surface area contributed by atoms with Crippen molar-refractivity contribution in [3.8, 4) is 0 Å². The fourth-order valence-corrected chi connectivity index (χ4v) is 1.91. The van der Waals surface area contributed by atoms with Crippen LogP contribution >= 0.6 is 0 Å². The number of amides is 1. The van der Waals surface area contributed by atoms with Crippen molar-refractivity contribution in [2.24, 2.45) is 0 Å². The molecule has 5 nitrogen and oxygen atoms in total. The first-order valence-corrected chi connectivity index (χ1v) is 6.80. The van der Waals surface area contributed by atoms with Crippen molar-refractivity contribution in [2.75, 3.05) is 5.32 Å². The Morgan fingerprint density at radius 1 is 1.29 bits per heavy atom. The zero-order chi connectivity index (χ0) is 14.8. The topological polar surface area (TPSA) is 66.9 Å². The molecular formula is C15H15FN4O. The molecule has 6 heteroatoms. The summed E-state index contributed by atoms with van der Waals surface area (Å²) in [5.41, 5.74) is 1.20. The quantitative estimate of drug-likeness (QED) is 0.906. The molecule has 0 bridgehead atoms. The highest BCUT2D eigenvalue weighted by Gasteiger charge is 2.24. The lowest BCUT2D eigenvalue weighted by atomic mass is 10.3. The second-order valence-corrected chi connectivity index (χ2v) is 5.07. The van der Waals surface area contributed by atoms with Gasteiger partial charge in [0.25, 0.3) is 5.91 Å². The van der Waals surface area contributed by atoms with E-state index in [1.165, 1.54) is 6.07 Å². The molecule has 1 aromatic heterocycles. The Balaban J connectivity index is 1.83. The Bertz CT molecular complexity index is 685. The van der Waals surface area contributed by atoms with Crippen molar-refractivity contribution in [3.63, 3.8) is 0 Å². The maximum Gasteiger partial charge on any atom is 0.270 e. The molecule has 0 spiro atoms. The van der Waals surface area contributed by atoms with Crippen LogP contribution in [0.1, 0.15) is 29.0 Å². The summed E-state index contributed by atoms with van der Waals surface area (Å²) >= 11 is 0. The molecule has 0 atom stereocenters. The summed E-state index contributed by atoms with van der Waals surface area (Å²) in [5.74, 6) is -0.410. The van der Waals surface area contributed by atoms with E-state index in [1.807, 2.05) is 0 Å². The zero-order valence-corrected chi connectivity index (χ0v) is 11.6. The number of benzene rings is 1. The maximum absolute atomic E-state index is 13.6. The fraction of sp³-hybridized carbons (Fsp3) is 0.267. The van der Waals surface area contributed by atoms with E-state index in [0.717, 1.165) is 12.8 Å². The van der Waals surface area contributed by atoms with E-state index < -0.39 is 5.82 Å². The van der Waals surface area contributed by atoms with Crippen molar-refractivity contribution in [1.29, 1.82) is 0 Å². The van der Waals surface area contributed by atoms with Gasteiger partial charge < -0.3 is 10.6 Å². The molecule has 1 aromatic carbocycles. The fourth-order valence-electron chi connectivity index (χ4n) is 1.91. The Morgan fingerprint density at radius 2 is 2.05 bits per heavy atom. The lowest BCUT2D eigenvalue weighted by Crippen LogP contribution is -2.26. The normalized spacial score (nSPS) is 13.8. The Kier molecular flexibility index (Phi) is 3.51. The largest absolute Gasteiger partial charge is 0.348 e. The molecule has 0 unspecified atom stereocenters. The molecule has 1 aliphatic rings. The highest BCUT2D eigenvalue weighted by atomic mass is 19.1. The average molecular weight is 286 g/mol. The zero-order valence-electron chi connectivity index (χ0n) is 11.6. The first-order chi connectivity index (χ1) is 10.1. The number of rotatable bonds is 4. The van der Waals surface area contributed by atoms with Gasteiger partial charge in [0.05, 0.1) is 5.69 Å². The van der Waals surface area contributed by atoms with E-state index in [0.29, 0.717) is 5.69 Å². The summed E-state index contributed by atoms with van der Waals surface area (Å²) in [6, 6.07) is 8.12. The molecule has 3 rings (SSSR count). The SMILES string of the molecule is Cc1cc(C(=O)NC2CC2)nc(Nc2ccccc2F)n1. The summed E-state index contributed by atoms with van der Waals surface area (Å²) in [7, 11) is 0. The molecule has 0 saturated heterocycles. The van der Waals surface area contributed by atoms with Crippen LogP contribution in [0.25, 0.3) is 0 Å². The molecule has 1 saturated carbocycles. The number of halogens is 1. The molecule has 1 amide bonds. The van der Waals surface area contributed by atoms with Crippen LogP contribution in [0.4, 0.5) is 16.0 Å². The van der Waals surface area contributed by atoms with Gasteiger partial charge in [0.2, 0.25) is 5.95 Å². The number of hydrogen-bond donors (Lipinski definition) is 2. The third-order valence-corrected chi connectivity index (χ3v) is 3.12. The second kappa shape index (κ2) is 5.47. The van der Waals surface area contributed by atoms with Crippen LogP contribution in [0.3, 0.4) is 0 Å². The van der Waals surface area contributed by atoms with Gasteiger partial charge in [-0.2, -0.15) is 0 Å². The number of anilines is 2. The highest BCUT2D eigenvalue weighted by molar-refractivity contribution is 5.93. The van der Waals surface area contributed by atoms with Gasteiger partial charge in [0, 0.05) is 11.7 Å². The minimum Gasteiger partial charge on any atom is -0.348 e. The number of carbonyl (C=O) groups is 1. The number of aromatic nitrogens is 2. The predicted molar refractivity (Wildman–Crippen MR) is 76.9 cm³/mol. The van der Waals surface area contributed by atoms with Crippen molar-refractivity contribution in [1.82, 2.24) is 15.3 Å². The van der Waals surface area contributed by atoms with E-state index in [-0.39, 0.29) is 29.3 Å². The van der Waals surface area contributed by atoms with Crippen LogP contribution in [0.15, 0.2) is 30.3 Å². The molecule has 1 fully saturated rings. The standard InChI is InChI=1S/C15H15FN4O/c1-9-8-13(14(21)18-10-6-7-10)20-15(17-9)19-12-5-3-2-4-11(12)16/h2-5,8,10H,6-7H2,1H3,(H,18,21)(H,17,19,20). The summed E-state index contributed by atoms with van der Waals surface area (Å²) in [6.07, 6.45) is 2.02. The van der Waals surface area contributed by atoms with Gasteiger partial charge in [-0.3, -0.25) is 4.79 Å². The van der Waals surface area contributed by atoms with Crippen molar-refractivity contribution < 1.29 is 9.18 Å². The molecule has 21 heavy (non-hydrogen) atoms. The molecule has 2 aromatic rings. The number of aryl methyl sites for hydroxylation is 1.